The van der Waals surface area contributed by atoms with Crippen LogP contribution < -0.4 is 11.5 Å². The Labute approximate surface area is 134 Å². The molecule has 0 fully saturated rings. The number of aryl methyl sites for hydroxylation is 2. The minimum absolute atomic E-state index is 0.146. The second kappa shape index (κ2) is 5.61. The van der Waals surface area contributed by atoms with Crippen LogP contribution in [0.5, 0.6) is 0 Å². The number of hydrogen-bond acceptors (Lipinski definition) is 2. The van der Waals surface area contributed by atoms with Crippen LogP contribution in [0.1, 0.15) is 22.3 Å². The predicted molar refractivity (Wildman–Crippen MR) is 80.2 cm³/mol. The molecule has 0 aliphatic rings. The second-order valence-electron chi connectivity index (χ2n) is 5.50. The van der Waals surface area contributed by atoms with Gasteiger partial charge in [-0.2, -0.15) is 26.3 Å². The lowest BCUT2D eigenvalue weighted by molar-refractivity contribution is -0.139. The van der Waals surface area contributed by atoms with Gasteiger partial charge >= 0.3 is 12.4 Å². The monoisotopic (exact) mass is 348 g/mol. The van der Waals surface area contributed by atoms with E-state index in [1.54, 1.807) is 0 Å². The summed E-state index contributed by atoms with van der Waals surface area (Å²) in [5.74, 6) is 0. The van der Waals surface area contributed by atoms with Gasteiger partial charge in [-0.1, -0.05) is 0 Å². The van der Waals surface area contributed by atoms with Gasteiger partial charge in [-0.15, -0.1) is 0 Å². The van der Waals surface area contributed by atoms with Crippen molar-refractivity contribution in [3.63, 3.8) is 0 Å². The molecule has 24 heavy (non-hydrogen) atoms. The lowest BCUT2D eigenvalue weighted by atomic mass is 9.91. The smallest absolute Gasteiger partial charge is 0.399 e. The first kappa shape index (κ1) is 18.0. The van der Waals surface area contributed by atoms with Crippen LogP contribution in [0.15, 0.2) is 24.3 Å². The topological polar surface area (TPSA) is 52.0 Å². The molecule has 0 spiro atoms. The molecule has 8 heteroatoms. The minimum Gasteiger partial charge on any atom is -0.399 e. The molecule has 0 aromatic heterocycles. The first-order chi connectivity index (χ1) is 10.8. The second-order valence-corrected chi connectivity index (χ2v) is 5.50. The molecule has 0 aliphatic carbocycles. The molecule has 2 nitrogen and oxygen atoms in total. The normalized spacial score (nSPS) is 12.5. The van der Waals surface area contributed by atoms with Crippen LogP contribution in [0.2, 0.25) is 0 Å². The van der Waals surface area contributed by atoms with Crippen molar-refractivity contribution in [1.82, 2.24) is 0 Å². The number of halogens is 6. The molecule has 2 rings (SSSR count). The van der Waals surface area contributed by atoms with Crippen LogP contribution >= 0.6 is 0 Å². The van der Waals surface area contributed by atoms with Crippen molar-refractivity contribution in [2.75, 3.05) is 11.5 Å². The quantitative estimate of drug-likeness (QED) is 0.552. The van der Waals surface area contributed by atoms with E-state index in [0.29, 0.717) is 12.1 Å². The molecule has 130 valence electrons. The maximum absolute atomic E-state index is 13.3. The number of hydrogen-bond donors (Lipinski definition) is 2. The summed E-state index contributed by atoms with van der Waals surface area (Å²) in [5.41, 5.74) is 7.61. The molecule has 0 unspecified atom stereocenters. The van der Waals surface area contributed by atoms with Crippen molar-refractivity contribution in [3.05, 3.63) is 46.5 Å². The van der Waals surface area contributed by atoms with Crippen LogP contribution in [0, 0.1) is 13.8 Å². The molecule has 0 atom stereocenters. The number of benzene rings is 2. The van der Waals surface area contributed by atoms with Gasteiger partial charge in [0.15, 0.2) is 0 Å². The van der Waals surface area contributed by atoms with Crippen LogP contribution in [0.3, 0.4) is 0 Å². The Bertz CT molecular complexity index is 723. The molecule has 0 heterocycles. The highest BCUT2D eigenvalue weighted by Gasteiger charge is 2.39. The van der Waals surface area contributed by atoms with E-state index in [1.807, 2.05) is 0 Å². The molecular formula is C16H14F6N2. The summed E-state index contributed by atoms with van der Waals surface area (Å²) in [6.45, 7) is 2.85. The van der Waals surface area contributed by atoms with E-state index >= 15 is 0 Å². The summed E-state index contributed by atoms with van der Waals surface area (Å²) in [6.07, 6.45) is -9.70. The summed E-state index contributed by atoms with van der Waals surface area (Å²) in [4.78, 5) is 0. The Morgan fingerprint density at radius 2 is 0.917 bits per heavy atom. The first-order valence-corrected chi connectivity index (χ1v) is 6.77. The van der Waals surface area contributed by atoms with Gasteiger partial charge in [-0.3, -0.25) is 0 Å². The van der Waals surface area contributed by atoms with Crippen LogP contribution in [0.4, 0.5) is 37.7 Å². The fourth-order valence-electron chi connectivity index (χ4n) is 2.36. The van der Waals surface area contributed by atoms with Crippen LogP contribution in [-0.2, 0) is 12.4 Å². The number of alkyl halides is 6. The fourth-order valence-corrected chi connectivity index (χ4v) is 2.36. The third kappa shape index (κ3) is 3.27. The zero-order chi connectivity index (χ0) is 18.4. The lowest BCUT2D eigenvalue weighted by Gasteiger charge is -2.20. The van der Waals surface area contributed by atoms with Crippen molar-refractivity contribution in [2.24, 2.45) is 0 Å². The van der Waals surface area contributed by atoms with Crippen molar-refractivity contribution >= 4 is 11.4 Å². The maximum Gasteiger partial charge on any atom is 0.417 e. The van der Waals surface area contributed by atoms with E-state index in [9.17, 15) is 26.3 Å². The maximum atomic E-state index is 13.3. The highest BCUT2D eigenvalue weighted by molar-refractivity contribution is 5.78. The highest BCUT2D eigenvalue weighted by atomic mass is 19.4. The summed E-state index contributed by atoms with van der Waals surface area (Å²) in [7, 11) is 0. The summed E-state index contributed by atoms with van der Waals surface area (Å²) < 4.78 is 79.8. The van der Waals surface area contributed by atoms with Gasteiger partial charge in [0.1, 0.15) is 0 Å². The zero-order valence-electron chi connectivity index (χ0n) is 12.7. The van der Waals surface area contributed by atoms with E-state index in [4.69, 9.17) is 11.5 Å². The Morgan fingerprint density at radius 1 is 0.625 bits per heavy atom. The molecule has 0 saturated carbocycles. The highest BCUT2D eigenvalue weighted by Crippen LogP contribution is 2.45. The Morgan fingerprint density at radius 3 is 1.17 bits per heavy atom. The van der Waals surface area contributed by atoms with E-state index < -0.39 is 34.6 Å². The SMILES string of the molecule is Cc1cc(-c2cc(C)c(N)cc2C(F)(F)F)c(C(F)(F)F)cc1N. The summed E-state index contributed by atoms with van der Waals surface area (Å²) in [5, 5.41) is 0. The lowest BCUT2D eigenvalue weighted by Crippen LogP contribution is -2.13. The number of rotatable bonds is 1. The molecule has 0 amide bonds. The van der Waals surface area contributed by atoms with E-state index in [-0.39, 0.29) is 22.5 Å². The fraction of sp³-hybridized carbons (Fsp3) is 0.250. The van der Waals surface area contributed by atoms with Gasteiger partial charge in [-0.05, 0) is 60.4 Å². The number of anilines is 2. The molecule has 2 aromatic carbocycles. The predicted octanol–water partition coefficient (Wildman–Crippen LogP) is 5.17. The minimum atomic E-state index is -4.85. The largest absolute Gasteiger partial charge is 0.417 e. The van der Waals surface area contributed by atoms with Crippen molar-refractivity contribution in [3.8, 4) is 11.1 Å². The van der Waals surface area contributed by atoms with E-state index in [0.717, 1.165) is 12.1 Å². The third-order valence-electron chi connectivity index (χ3n) is 3.71. The third-order valence-corrected chi connectivity index (χ3v) is 3.71. The summed E-state index contributed by atoms with van der Waals surface area (Å²) >= 11 is 0. The number of nitrogens with two attached hydrogens (primary N) is 2. The first-order valence-electron chi connectivity index (χ1n) is 6.77. The molecule has 0 aliphatic heterocycles. The summed E-state index contributed by atoms with van der Waals surface area (Å²) in [6, 6.07) is 3.32. The van der Waals surface area contributed by atoms with E-state index in [1.165, 1.54) is 13.8 Å². The van der Waals surface area contributed by atoms with Crippen molar-refractivity contribution < 1.29 is 26.3 Å². The van der Waals surface area contributed by atoms with Crippen molar-refractivity contribution in [1.29, 1.82) is 0 Å². The van der Waals surface area contributed by atoms with Gasteiger partial charge in [0.05, 0.1) is 11.1 Å². The molecule has 0 bridgehead atoms. The van der Waals surface area contributed by atoms with Gasteiger partial charge in [0, 0.05) is 11.4 Å². The average Bonchev–Trinajstić information content (AvgIpc) is 2.41. The van der Waals surface area contributed by atoms with Gasteiger partial charge in [0.2, 0.25) is 0 Å². The van der Waals surface area contributed by atoms with Crippen LogP contribution in [0.25, 0.3) is 11.1 Å². The van der Waals surface area contributed by atoms with Gasteiger partial charge in [0.25, 0.3) is 0 Å². The molecular weight excluding hydrogens is 334 g/mol. The zero-order valence-corrected chi connectivity index (χ0v) is 12.7. The van der Waals surface area contributed by atoms with E-state index in [2.05, 4.69) is 0 Å². The molecule has 0 radical (unpaired) electrons. The van der Waals surface area contributed by atoms with Crippen molar-refractivity contribution in [2.45, 2.75) is 26.2 Å². The Kier molecular flexibility index (Phi) is 4.20. The molecule has 2 aromatic rings. The van der Waals surface area contributed by atoms with Crippen LogP contribution in [-0.4, -0.2) is 0 Å². The Balaban J connectivity index is 2.91. The average molecular weight is 348 g/mol. The van der Waals surface area contributed by atoms with Gasteiger partial charge in [-0.25, -0.2) is 0 Å². The molecule has 0 saturated heterocycles. The van der Waals surface area contributed by atoms with Gasteiger partial charge < -0.3 is 11.5 Å². The number of nitrogen functional groups attached to an aromatic ring is 2. The Hall–Kier alpha value is -2.38. The molecule has 4 N–H and O–H groups in total. The standard InChI is InChI=1S/C16H14F6N2/c1-7-3-9(11(5-13(7)23)15(17,18)19)10-4-8(2)14(24)6-12(10)16(20,21)22/h3-6H,23-24H2,1-2H3.